The number of nitrogens with zero attached hydrogens (tertiary/aromatic N) is 2. The molecule has 5 heteroatoms. The molecule has 0 aromatic heterocycles. The third-order valence-corrected chi connectivity index (χ3v) is 6.87. The Morgan fingerprint density at radius 1 is 1.09 bits per heavy atom. The van der Waals surface area contributed by atoms with E-state index in [0.717, 1.165) is 55.1 Å². The van der Waals surface area contributed by atoms with Crippen molar-refractivity contribution in [3.05, 3.63) is 89.9 Å². The van der Waals surface area contributed by atoms with Crippen LogP contribution in [0, 0.1) is 11.7 Å². The van der Waals surface area contributed by atoms with Crippen LogP contribution < -0.4 is 10.5 Å². The van der Waals surface area contributed by atoms with Gasteiger partial charge in [-0.05, 0) is 67.9 Å². The van der Waals surface area contributed by atoms with Crippen LogP contribution in [0.1, 0.15) is 24.4 Å². The quantitative estimate of drug-likeness (QED) is 0.619. The van der Waals surface area contributed by atoms with Crippen LogP contribution in [0.15, 0.2) is 78.5 Å². The number of likely N-dealkylation sites (tertiary alicyclic amines) is 1. The summed E-state index contributed by atoms with van der Waals surface area (Å²) in [7, 11) is 2.29. The standard InChI is InChI=1S/C27H35FN3O/c1-31(19-6-5-9-26(31)27(29)23-10-12-24(28)13-11-23)21-22-14-16-30(17-15-22)18-20-32-25-7-3-2-4-8-25/h2-13,22,27H,14-21,29H2,1H3/q+1. The number of likely N-dealkylation sites (N-methyl/N-ethyl adjacent to an activating group) is 1. The summed E-state index contributed by atoms with van der Waals surface area (Å²) in [6, 6.07) is 16.4. The molecular weight excluding hydrogens is 401 g/mol. The molecule has 1 saturated heterocycles. The molecule has 32 heavy (non-hydrogen) atoms. The van der Waals surface area contributed by atoms with Gasteiger partial charge in [-0.2, -0.15) is 0 Å². The molecular formula is C27H35FN3O+. The topological polar surface area (TPSA) is 38.5 Å². The van der Waals surface area contributed by atoms with E-state index in [4.69, 9.17) is 10.5 Å². The van der Waals surface area contributed by atoms with Gasteiger partial charge in [0.15, 0.2) is 0 Å². The predicted octanol–water partition coefficient (Wildman–Crippen LogP) is 4.52. The summed E-state index contributed by atoms with van der Waals surface area (Å²) in [5, 5.41) is 0. The molecule has 2 aliphatic heterocycles. The number of piperidine rings is 1. The van der Waals surface area contributed by atoms with Crippen molar-refractivity contribution in [2.75, 3.05) is 46.4 Å². The SMILES string of the molecule is C[N+]1(CC2CCN(CCOc3ccccc3)CC2)CC=CC=C1C(N)c1ccc(F)cc1. The molecule has 4 rings (SSSR count). The minimum atomic E-state index is -0.225. The van der Waals surface area contributed by atoms with Gasteiger partial charge in [0.1, 0.15) is 36.5 Å². The summed E-state index contributed by atoms with van der Waals surface area (Å²) in [5.41, 5.74) is 8.83. The molecule has 2 aliphatic rings. The monoisotopic (exact) mass is 436 g/mol. The number of para-hydroxylation sites is 1. The molecule has 0 bridgehead atoms. The molecule has 2 unspecified atom stereocenters. The lowest BCUT2D eigenvalue weighted by molar-refractivity contribution is -0.873. The highest BCUT2D eigenvalue weighted by Gasteiger charge is 2.36. The Hall–Kier alpha value is -2.47. The second kappa shape index (κ2) is 10.4. The summed E-state index contributed by atoms with van der Waals surface area (Å²) >= 11 is 0. The van der Waals surface area contributed by atoms with E-state index in [9.17, 15) is 4.39 Å². The third-order valence-electron chi connectivity index (χ3n) is 6.87. The van der Waals surface area contributed by atoms with Crippen LogP contribution in [0.5, 0.6) is 5.75 Å². The van der Waals surface area contributed by atoms with E-state index in [1.54, 1.807) is 12.1 Å². The fourth-order valence-corrected chi connectivity index (χ4v) is 4.98. The molecule has 1 fully saturated rings. The fourth-order valence-electron chi connectivity index (χ4n) is 4.98. The van der Waals surface area contributed by atoms with Crippen LogP contribution >= 0.6 is 0 Å². The third kappa shape index (κ3) is 5.66. The van der Waals surface area contributed by atoms with Gasteiger partial charge in [-0.3, -0.25) is 9.38 Å². The summed E-state index contributed by atoms with van der Waals surface area (Å²) in [6.07, 6.45) is 8.89. The number of nitrogens with two attached hydrogens (primary N) is 1. The minimum absolute atomic E-state index is 0.222. The molecule has 0 spiro atoms. The number of hydrogen-bond donors (Lipinski definition) is 1. The van der Waals surface area contributed by atoms with Gasteiger partial charge in [0.05, 0.1) is 13.6 Å². The first kappa shape index (κ1) is 22.7. The molecule has 0 aliphatic carbocycles. The zero-order valence-electron chi connectivity index (χ0n) is 19.0. The second-order valence-electron chi connectivity index (χ2n) is 9.26. The normalized spacial score (nSPS) is 23.0. The lowest BCUT2D eigenvalue weighted by Gasteiger charge is -2.43. The molecule has 170 valence electrons. The number of hydrogen-bond acceptors (Lipinski definition) is 3. The lowest BCUT2D eigenvalue weighted by atomic mass is 9.92. The van der Waals surface area contributed by atoms with Crippen molar-refractivity contribution in [1.82, 2.24) is 4.90 Å². The molecule has 0 amide bonds. The van der Waals surface area contributed by atoms with E-state index in [0.29, 0.717) is 5.92 Å². The van der Waals surface area contributed by atoms with Crippen LogP contribution in [-0.4, -0.2) is 55.8 Å². The van der Waals surface area contributed by atoms with Gasteiger partial charge in [0, 0.05) is 12.5 Å². The molecule has 2 aromatic rings. The Morgan fingerprint density at radius 2 is 1.81 bits per heavy atom. The van der Waals surface area contributed by atoms with E-state index < -0.39 is 0 Å². The maximum Gasteiger partial charge on any atom is 0.130 e. The molecule has 4 nitrogen and oxygen atoms in total. The molecule has 2 heterocycles. The van der Waals surface area contributed by atoms with E-state index in [1.807, 2.05) is 30.3 Å². The maximum absolute atomic E-state index is 13.4. The van der Waals surface area contributed by atoms with Gasteiger partial charge in [0.25, 0.3) is 0 Å². The Balaban J connectivity index is 1.29. The summed E-state index contributed by atoms with van der Waals surface area (Å²) in [6.45, 7) is 5.96. The summed E-state index contributed by atoms with van der Waals surface area (Å²) in [5.74, 6) is 1.38. The Morgan fingerprint density at radius 3 is 2.53 bits per heavy atom. The summed E-state index contributed by atoms with van der Waals surface area (Å²) < 4.78 is 20.1. The number of rotatable bonds is 8. The van der Waals surface area contributed by atoms with E-state index in [-0.39, 0.29) is 11.9 Å². The highest BCUT2D eigenvalue weighted by atomic mass is 19.1. The molecule has 2 atom stereocenters. The van der Waals surface area contributed by atoms with Crippen molar-refractivity contribution in [2.45, 2.75) is 18.9 Å². The first-order valence-corrected chi connectivity index (χ1v) is 11.7. The Labute approximate surface area is 191 Å². The minimum Gasteiger partial charge on any atom is -0.492 e. The zero-order valence-corrected chi connectivity index (χ0v) is 19.0. The van der Waals surface area contributed by atoms with Crippen LogP contribution in [0.4, 0.5) is 4.39 Å². The van der Waals surface area contributed by atoms with Gasteiger partial charge in [-0.15, -0.1) is 0 Å². The second-order valence-corrected chi connectivity index (χ2v) is 9.26. The van der Waals surface area contributed by atoms with Gasteiger partial charge >= 0.3 is 0 Å². The van der Waals surface area contributed by atoms with Crippen molar-refractivity contribution < 1.29 is 13.6 Å². The smallest absolute Gasteiger partial charge is 0.130 e. The van der Waals surface area contributed by atoms with Crippen molar-refractivity contribution in [1.29, 1.82) is 0 Å². The number of quaternary nitrogens is 1. The van der Waals surface area contributed by atoms with Gasteiger partial charge in [-0.25, -0.2) is 4.39 Å². The average Bonchev–Trinajstić information content (AvgIpc) is 2.81. The number of ether oxygens (including phenoxy) is 1. The van der Waals surface area contributed by atoms with Crippen LogP contribution in [0.2, 0.25) is 0 Å². The van der Waals surface area contributed by atoms with E-state index >= 15 is 0 Å². The van der Waals surface area contributed by atoms with Gasteiger partial charge in [-0.1, -0.05) is 36.4 Å². The van der Waals surface area contributed by atoms with Gasteiger partial charge in [0.2, 0.25) is 0 Å². The largest absolute Gasteiger partial charge is 0.492 e. The molecule has 0 saturated carbocycles. The molecule has 2 N–H and O–H groups in total. The number of benzene rings is 2. The highest BCUT2D eigenvalue weighted by Crippen LogP contribution is 2.33. The Bertz CT molecular complexity index is 920. The van der Waals surface area contributed by atoms with Crippen LogP contribution in [0.3, 0.4) is 0 Å². The van der Waals surface area contributed by atoms with Crippen molar-refractivity contribution in [2.24, 2.45) is 11.7 Å². The van der Waals surface area contributed by atoms with Crippen molar-refractivity contribution in [3.8, 4) is 5.75 Å². The highest BCUT2D eigenvalue weighted by molar-refractivity contribution is 5.28. The molecule has 2 aromatic carbocycles. The van der Waals surface area contributed by atoms with E-state index in [1.165, 1.54) is 30.7 Å². The maximum atomic E-state index is 13.4. The first-order valence-electron chi connectivity index (χ1n) is 11.7. The van der Waals surface area contributed by atoms with Crippen molar-refractivity contribution >= 4 is 0 Å². The van der Waals surface area contributed by atoms with Crippen LogP contribution in [0.25, 0.3) is 0 Å². The number of halogens is 1. The summed E-state index contributed by atoms with van der Waals surface area (Å²) in [4.78, 5) is 2.51. The molecule has 0 radical (unpaired) electrons. The van der Waals surface area contributed by atoms with Crippen LogP contribution in [-0.2, 0) is 0 Å². The number of allylic oxidation sites excluding steroid dienone is 2. The van der Waals surface area contributed by atoms with Crippen molar-refractivity contribution in [3.63, 3.8) is 0 Å². The predicted molar refractivity (Wildman–Crippen MR) is 128 cm³/mol. The average molecular weight is 437 g/mol. The lowest BCUT2D eigenvalue weighted by Crippen LogP contribution is -2.51. The Kier molecular flexibility index (Phi) is 7.40. The first-order chi connectivity index (χ1) is 15.5. The zero-order chi connectivity index (χ0) is 22.4. The van der Waals surface area contributed by atoms with E-state index in [2.05, 4.69) is 30.2 Å². The fraction of sp³-hybridized carbons (Fsp3) is 0.407. The van der Waals surface area contributed by atoms with Gasteiger partial charge < -0.3 is 10.5 Å².